The Kier molecular flexibility index (Phi) is 3.76. The lowest BCUT2D eigenvalue weighted by Crippen LogP contribution is -2.39. The fourth-order valence-electron chi connectivity index (χ4n) is 2.00. The van der Waals surface area contributed by atoms with Gasteiger partial charge in [0.1, 0.15) is 0 Å². The highest BCUT2D eigenvalue weighted by atomic mass is 32.2. The average molecular weight is 241 g/mol. The predicted molar refractivity (Wildman–Crippen MR) is 61.2 cm³/mol. The first-order chi connectivity index (χ1) is 7.79. The van der Waals surface area contributed by atoms with E-state index in [1.54, 1.807) is 0 Å². The molecule has 6 nitrogen and oxygen atoms in total. The lowest BCUT2D eigenvalue weighted by Gasteiger charge is -2.28. The van der Waals surface area contributed by atoms with Gasteiger partial charge in [0.25, 0.3) is 11.7 Å². The molecule has 1 aromatic heterocycles. The van der Waals surface area contributed by atoms with E-state index in [0.29, 0.717) is 5.25 Å². The van der Waals surface area contributed by atoms with Gasteiger partial charge < -0.3 is 5.32 Å². The highest BCUT2D eigenvalue weighted by molar-refractivity contribution is 7.99. The molecule has 1 heterocycles. The van der Waals surface area contributed by atoms with Crippen molar-refractivity contribution in [2.45, 2.75) is 37.0 Å². The van der Waals surface area contributed by atoms with Gasteiger partial charge in [-0.15, -0.1) is 10.2 Å². The van der Waals surface area contributed by atoms with Gasteiger partial charge in [-0.1, -0.05) is 6.42 Å². The third-order valence-corrected chi connectivity index (χ3v) is 3.94. The van der Waals surface area contributed by atoms with E-state index in [4.69, 9.17) is 0 Å². The number of aromatic amines is 1. The zero-order valence-electron chi connectivity index (χ0n) is 9.14. The van der Waals surface area contributed by atoms with E-state index in [1.165, 1.54) is 12.8 Å². The third kappa shape index (κ3) is 2.72. The fraction of sp³-hybridized carbons (Fsp3) is 0.778. The number of rotatable bonds is 3. The molecule has 1 fully saturated rings. The molecular formula is C9H15N5OS. The molecule has 2 rings (SSSR count). The minimum atomic E-state index is -0.236. The van der Waals surface area contributed by atoms with Gasteiger partial charge in [-0.2, -0.15) is 17.0 Å². The summed E-state index contributed by atoms with van der Waals surface area (Å²) in [6.45, 7) is 0. The first-order valence-electron chi connectivity index (χ1n) is 5.36. The average Bonchev–Trinajstić information content (AvgIpc) is 2.83. The van der Waals surface area contributed by atoms with Gasteiger partial charge in [0.2, 0.25) is 0 Å². The Balaban J connectivity index is 1.87. The molecule has 2 N–H and O–H groups in total. The quantitative estimate of drug-likeness (QED) is 0.809. The van der Waals surface area contributed by atoms with E-state index < -0.39 is 0 Å². The van der Waals surface area contributed by atoms with Crippen molar-refractivity contribution in [1.82, 2.24) is 25.9 Å². The number of thioether (sulfide) groups is 1. The number of hydrogen-bond donors (Lipinski definition) is 2. The van der Waals surface area contributed by atoms with Crippen LogP contribution < -0.4 is 5.32 Å². The van der Waals surface area contributed by atoms with Crippen LogP contribution in [0.25, 0.3) is 0 Å². The van der Waals surface area contributed by atoms with Crippen molar-refractivity contribution in [3.05, 3.63) is 5.82 Å². The molecule has 0 saturated heterocycles. The number of tetrazole rings is 1. The molecule has 2 atom stereocenters. The molecule has 0 spiro atoms. The maximum absolute atomic E-state index is 11.7. The molecule has 0 aromatic carbocycles. The Bertz CT molecular complexity index is 342. The summed E-state index contributed by atoms with van der Waals surface area (Å²) in [7, 11) is 0. The zero-order valence-corrected chi connectivity index (χ0v) is 9.96. The van der Waals surface area contributed by atoms with Gasteiger partial charge in [0.05, 0.1) is 0 Å². The second kappa shape index (κ2) is 5.29. The summed E-state index contributed by atoms with van der Waals surface area (Å²) in [6, 6.07) is 0.247. The van der Waals surface area contributed by atoms with Crippen LogP contribution in [0.15, 0.2) is 0 Å². The predicted octanol–water partition coefficient (Wildman–Crippen LogP) is 0.604. The summed E-state index contributed by atoms with van der Waals surface area (Å²) in [5.74, 6) is -0.119. The number of nitrogens with zero attached hydrogens (tertiary/aromatic N) is 3. The zero-order chi connectivity index (χ0) is 11.4. The lowest BCUT2D eigenvalue weighted by molar-refractivity contribution is 0.0918. The molecule has 1 aromatic rings. The Hall–Kier alpha value is -1.11. The number of carbonyl (C=O) groups excluding carboxylic acids is 1. The third-order valence-electron chi connectivity index (χ3n) is 2.84. The summed E-state index contributed by atoms with van der Waals surface area (Å²) < 4.78 is 0. The Morgan fingerprint density at radius 1 is 1.56 bits per heavy atom. The van der Waals surface area contributed by atoms with E-state index >= 15 is 0 Å². The molecule has 0 aliphatic heterocycles. The first kappa shape index (κ1) is 11.4. The van der Waals surface area contributed by atoms with Gasteiger partial charge in [0.15, 0.2) is 0 Å². The Labute approximate surface area is 98.0 Å². The summed E-state index contributed by atoms with van der Waals surface area (Å²) >= 11 is 1.87. The van der Waals surface area contributed by atoms with E-state index in [2.05, 4.69) is 32.2 Å². The monoisotopic (exact) mass is 241 g/mol. The van der Waals surface area contributed by atoms with Crippen LogP contribution in [0.2, 0.25) is 0 Å². The van der Waals surface area contributed by atoms with Crippen LogP contribution in [0.1, 0.15) is 36.3 Å². The van der Waals surface area contributed by atoms with Gasteiger partial charge >= 0.3 is 0 Å². The molecule has 88 valence electrons. The van der Waals surface area contributed by atoms with Crippen LogP contribution in [0, 0.1) is 0 Å². The summed E-state index contributed by atoms with van der Waals surface area (Å²) in [5.41, 5.74) is 0. The molecule has 2 unspecified atom stereocenters. The number of hydrogen-bond acceptors (Lipinski definition) is 5. The minimum Gasteiger partial charge on any atom is -0.346 e. The highest BCUT2D eigenvalue weighted by Gasteiger charge is 2.24. The molecule has 1 saturated carbocycles. The van der Waals surface area contributed by atoms with E-state index in [9.17, 15) is 4.79 Å². The molecule has 0 radical (unpaired) electrons. The van der Waals surface area contributed by atoms with E-state index in [-0.39, 0.29) is 17.8 Å². The van der Waals surface area contributed by atoms with Crippen LogP contribution in [-0.2, 0) is 0 Å². The van der Waals surface area contributed by atoms with Crippen molar-refractivity contribution in [3.63, 3.8) is 0 Å². The van der Waals surface area contributed by atoms with Crippen LogP contribution >= 0.6 is 11.8 Å². The maximum Gasteiger partial charge on any atom is 0.293 e. The Morgan fingerprint density at radius 3 is 3.12 bits per heavy atom. The molecular weight excluding hydrogens is 226 g/mol. The fourth-order valence-corrected chi connectivity index (χ4v) is 2.83. The smallest absolute Gasteiger partial charge is 0.293 e. The molecule has 0 bridgehead atoms. The summed E-state index contributed by atoms with van der Waals surface area (Å²) in [4.78, 5) is 11.7. The highest BCUT2D eigenvalue weighted by Crippen LogP contribution is 2.26. The van der Waals surface area contributed by atoms with Crippen molar-refractivity contribution in [2.75, 3.05) is 6.26 Å². The molecule has 1 amide bonds. The molecule has 7 heteroatoms. The first-order valence-corrected chi connectivity index (χ1v) is 6.65. The molecule has 1 aliphatic rings. The number of carbonyl (C=O) groups is 1. The largest absolute Gasteiger partial charge is 0.346 e. The number of H-pyrrole nitrogens is 1. The molecule has 16 heavy (non-hydrogen) atoms. The molecule has 1 aliphatic carbocycles. The van der Waals surface area contributed by atoms with Crippen molar-refractivity contribution in [3.8, 4) is 0 Å². The van der Waals surface area contributed by atoms with Gasteiger partial charge in [-0.25, -0.2) is 0 Å². The maximum atomic E-state index is 11.7. The van der Waals surface area contributed by atoms with Crippen LogP contribution in [0.3, 0.4) is 0 Å². The van der Waals surface area contributed by atoms with Gasteiger partial charge in [0, 0.05) is 11.3 Å². The van der Waals surface area contributed by atoms with E-state index in [0.717, 1.165) is 12.8 Å². The van der Waals surface area contributed by atoms with Gasteiger partial charge in [-0.05, 0) is 30.7 Å². The topological polar surface area (TPSA) is 83.6 Å². The summed E-state index contributed by atoms with van der Waals surface area (Å²) in [5, 5.41) is 16.6. The number of amides is 1. The van der Waals surface area contributed by atoms with Crippen molar-refractivity contribution >= 4 is 17.7 Å². The SMILES string of the molecule is CSC1CCCC(NC(=O)c2nn[nH]n2)C1. The normalized spacial score (nSPS) is 25.3. The second-order valence-corrected chi connectivity index (χ2v) is 5.07. The number of aromatic nitrogens is 4. The number of nitrogens with one attached hydrogen (secondary N) is 2. The van der Waals surface area contributed by atoms with E-state index in [1.807, 2.05) is 11.8 Å². The van der Waals surface area contributed by atoms with Crippen LogP contribution in [-0.4, -0.2) is 44.1 Å². The van der Waals surface area contributed by atoms with Gasteiger partial charge in [-0.3, -0.25) is 4.79 Å². The van der Waals surface area contributed by atoms with Crippen LogP contribution in [0.5, 0.6) is 0 Å². The lowest BCUT2D eigenvalue weighted by atomic mass is 9.95. The van der Waals surface area contributed by atoms with Crippen LogP contribution in [0.4, 0.5) is 0 Å². The van der Waals surface area contributed by atoms with Crippen molar-refractivity contribution in [2.24, 2.45) is 0 Å². The summed E-state index contributed by atoms with van der Waals surface area (Å²) in [6.07, 6.45) is 6.61. The van der Waals surface area contributed by atoms with Crippen molar-refractivity contribution < 1.29 is 4.79 Å². The second-order valence-electron chi connectivity index (χ2n) is 3.93. The minimum absolute atomic E-state index is 0.117. The Morgan fingerprint density at radius 2 is 2.44 bits per heavy atom. The van der Waals surface area contributed by atoms with Crippen molar-refractivity contribution in [1.29, 1.82) is 0 Å². The standard InChI is InChI=1S/C9H15N5OS/c1-16-7-4-2-3-6(5-7)10-9(15)8-11-13-14-12-8/h6-7H,2-5H2,1H3,(H,10,15)(H,11,12,13,14).